The topological polar surface area (TPSA) is 12.0 Å². The summed E-state index contributed by atoms with van der Waals surface area (Å²) in [5.41, 5.74) is 0.674. The van der Waals surface area contributed by atoms with E-state index < -0.39 is 0 Å². The number of hydrogen-bond acceptors (Lipinski definition) is 1. The monoisotopic (exact) mass is 251 g/mol. The van der Waals surface area contributed by atoms with Crippen LogP contribution in [-0.2, 0) is 0 Å². The molecule has 0 bridgehead atoms. The summed E-state index contributed by atoms with van der Waals surface area (Å²) < 4.78 is 0. The second-order valence-corrected chi connectivity index (χ2v) is 7.41. The highest BCUT2D eigenvalue weighted by molar-refractivity contribution is 5.00. The van der Waals surface area contributed by atoms with Gasteiger partial charge >= 0.3 is 0 Å². The standard InChI is InChI=1S/C17H33N/c1-5-6-15-12-18-10-9-17(15)11-14(4)7-8-16(17)13(2)3/h13-16,18H,5-12H2,1-4H3. The fourth-order valence-corrected chi connectivity index (χ4v) is 5.15. The maximum Gasteiger partial charge on any atom is -0.00151 e. The van der Waals surface area contributed by atoms with Crippen molar-refractivity contribution in [1.82, 2.24) is 5.32 Å². The Labute approximate surface area is 114 Å². The molecule has 1 heteroatoms. The lowest BCUT2D eigenvalue weighted by Gasteiger charge is -2.55. The van der Waals surface area contributed by atoms with Gasteiger partial charge in [0.05, 0.1) is 0 Å². The van der Waals surface area contributed by atoms with Crippen LogP contribution in [-0.4, -0.2) is 13.1 Å². The molecule has 4 unspecified atom stereocenters. The van der Waals surface area contributed by atoms with Crippen LogP contribution in [0.3, 0.4) is 0 Å². The Balaban J connectivity index is 2.24. The van der Waals surface area contributed by atoms with Crippen molar-refractivity contribution in [2.24, 2.45) is 29.1 Å². The van der Waals surface area contributed by atoms with E-state index >= 15 is 0 Å². The van der Waals surface area contributed by atoms with E-state index in [-0.39, 0.29) is 0 Å². The molecule has 1 saturated heterocycles. The smallest absolute Gasteiger partial charge is 0.00151 e. The lowest BCUT2D eigenvalue weighted by atomic mass is 9.52. The van der Waals surface area contributed by atoms with E-state index in [4.69, 9.17) is 0 Å². The highest BCUT2D eigenvalue weighted by Crippen LogP contribution is 2.55. The van der Waals surface area contributed by atoms with Crippen molar-refractivity contribution < 1.29 is 0 Å². The molecular weight excluding hydrogens is 218 g/mol. The van der Waals surface area contributed by atoms with Crippen LogP contribution < -0.4 is 5.32 Å². The van der Waals surface area contributed by atoms with Gasteiger partial charge in [-0.2, -0.15) is 0 Å². The Morgan fingerprint density at radius 1 is 1.28 bits per heavy atom. The van der Waals surface area contributed by atoms with E-state index in [0.717, 1.165) is 23.7 Å². The molecule has 1 nitrogen and oxygen atoms in total. The second-order valence-electron chi connectivity index (χ2n) is 7.41. The van der Waals surface area contributed by atoms with Gasteiger partial charge < -0.3 is 5.32 Å². The Hall–Kier alpha value is -0.0400. The summed E-state index contributed by atoms with van der Waals surface area (Å²) in [4.78, 5) is 0. The van der Waals surface area contributed by atoms with Gasteiger partial charge in [0.1, 0.15) is 0 Å². The van der Waals surface area contributed by atoms with E-state index in [9.17, 15) is 0 Å². The Kier molecular flexibility index (Phi) is 4.75. The van der Waals surface area contributed by atoms with Crippen molar-refractivity contribution >= 4 is 0 Å². The first kappa shape index (κ1) is 14.4. The average Bonchev–Trinajstić information content (AvgIpc) is 2.32. The summed E-state index contributed by atoms with van der Waals surface area (Å²) in [6.07, 6.45) is 8.68. The zero-order chi connectivity index (χ0) is 13.2. The third-order valence-corrected chi connectivity index (χ3v) is 5.85. The van der Waals surface area contributed by atoms with Gasteiger partial charge in [-0.25, -0.2) is 0 Å². The summed E-state index contributed by atoms with van der Waals surface area (Å²) in [7, 11) is 0. The van der Waals surface area contributed by atoms with Crippen LogP contribution in [0.1, 0.15) is 66.2 Å². The molecule has 0 aromatic heterocycles. The maximum atomic E-state index is 3.67. The minimum absolute atomic E-state index is 0.674. The predicted molar refractivity (Wildman–Crippen MR) is 79.7 cm³/mol. The predicted octanol–water partition coefficient (Wildman–Crippen LogP) is 4.47. The van der Waals surface area contributed by atoms with Crippen molar-refractivity contribution in [3.63, 3.8) is 0 Å². The van der Waals surface area contributed by atoms with Gasteiger partial charge in [0.2, 0.25) is 0 Å². The number of piperidine rings is 1. The van der Waals surface area contributed by atoms with Crippen molar-refractivity contribution in [2.75, 3.05) is 13.1 Å². The highest BCUT2D eigenvalue weighted by Gasteiger charge is 2.49. The molecule has 0 amide bonds. The van der Waals surface area contributed by atoms with Gasteiger partial charge in [0, 0.05) is 0 Å². The number of hydrogen-bond donors (Lipinski definition) is 1. The summed E-state index contributed by atoms with van der Waals surface area (Å²) >= 11 is 0. The summed E-state index contributed by atoms with van der Waals surface area (Å²) in [6, 6.07) is 0. The molecule has 2 fully saturated rings. The number of rotatable bonds is 3. The molecule has 0 radical (unpaired) electrons. The quantitative estimate of drug-likeness (QED) is 0.780. The van der Waals surface area contributed by atoms with E-state index in [0.29, 0.717) is 5.41 Å². The molecule has 18 heavy (non-hydrogen) atoms. The minimum atomic E-state index is 0.674. The summed E-state index contributed by atoms with van der Waals surface area (Å²) in [5.74, 6) is 3.74. The van der Waals surface area contributed by atoms with E-state index in [2.05, 4.69) is 33.0 Å². The van der Waals surface area contributed by atoms with Crippen molar-refractivity contribution in [1.29, 1.82) is 0 Å². The molecule has 2 rings (SSSR count). The van der Waals surface area contributed by atoms with Crippen LogP contribution in [0.2, 0.25) is 0 Å². The summed E-state index contributed by atoms with van der Waals surface area (Å²) in [5, 5.41) is 3.67. The Morgan fingerprint density at radius 2 is 2.06 bits per heavy atom. The Bertz CT molecular complexity index is 258. The van der Waals surface area contributed by atoms with Crippen LogP contribution in [0.5, 0.6) is 0 Å². The van der Waals surface area contributed by atoms with Crippen molar-refractivity contribution in [3.8, 4) is 0 Å². The van der Waals surface area contributed by atoms with E-state index in [1.807, 2.05) is 0 Å². The molecule has 106 valence electrons. The Morgan fingerprint density at radius 3 is 2.72 bits per heavy atom. The molecule has 0 aromatic rings. The van der Waals surface area contributed by atoms with Gasteiger partial charge in [-0.3, -0.25) is 0 Å². The van der Waals surface area contributed by atoms with Gasteiger partial charge in [0.25, 0.3) is 0 Å². The van der Waals surface area contributed by atoms with Gasteiger partial charge in [-0.05, 0) is 67.9 Å². The van der Waals surface area contributed by atoms with Crippen molar-refractivity contribution in [3.05, 3.63) is 0 Å². The van der Waals surface area contributed by atoms with Crippen LogP contribution in [0.25, 0.3) is 0 Å². The fourth-order valence-electron chi connectivity index (χ4n) is 5.15. The molecule has 1 heterocycles. The zero-order valence-corrected chi connectivity index (χ0v) is 13.0. The molecule has 0 aromatic carbocycles. The first-order valence-electron chi connectivity index (χ1n) is 8.31. The van der Waals surface area contributed by atoms with Crippen LogP contribution in [0.15, 0.2) is 0 Å². The molecule has 1 aliphatic heterocycles. The zero-order valence-electron chi connectivity index (χ0n) is 13.0. The minimum Gasteiger partial charge on any atom is -0.316 e. The third kappa shape index (κ3) is 2.61. The van der Waals surface area contributed by atoms with Gasteiger partial charge in [-0.15, -0.1) is 0 Å². The van der Waals surface area contributed by atoms with Gasteiger partial charge in [0.15, 0.2) is 0 Å². The second kappa shape index (κ2) is 5.94. The maximum absolute atomic E-state index is 3.67. The molecule has 1 N–H and O–H groups in total. The SMILES string of the molecule is CCCC1CNCCC12CC(C)CCC2C(C)C. The fraction of sp³-hybridized carbons (Fsp3) is 1.00. The van der Waals surface area contributed by atoms with E-state index in [1.165, 1.54) is 51.6 Å². The first-order chi connectivity index (χ1) is 8.60. The molecular formula is C17H33N. The van der Waals surface area contributed by atoms with Crippen molar-refractivity contribution in [2.45, 2.75) is 66.2 Å². The normalized spacial score (nSPS) is 41.5. The molecule has 1 spiro atoms. The van der Waals surface area contributed by atoms with Crippen LogP contribution >= 0.6 is 0 Å². The average molecular weight is 251 g/mol. The number of nitrogens with one attached hydrogen (secondary N) is 1. The molecule has 1 saturated carbocycles. The lowest BCUT2D eigenvalue weighted by molar-refractivity contribution is -0.0471. The third-order valence-electron chi connectivity index (χ3n) is 5.85. The van der Waals surface area contributed by atoms with Crippen LogP contribution in [0, 0.1) is 29.1 Å². The molecule has 1 aliphatic carbocycles. The molecule has 4 atom stereocenters. The highest BCUT2D eigenvalue weighted by atomic mass is 14.9. The largest absolute Gasteiger partial charge is 0.316 e. The van der Waals surface area contributed by atoms with E-state index in [1.54, 1.807) is 0 Å². The molecule has 2 aliphatic rings. The lowest BCUT2D eigenvalue weighted by Crippen LogP contribution is -2.52. The van der Waals surface area contributed by atoms with Crippen LogP contribution in [0.4, 0.5) is 0 Å². The summed E-state index contributed by atoms with van der Waals surface area (Å²) in [6.45, 7) is 12.3. The first-order valence-corrected chi connectivity index (χ1v) is 8.31. The van der Waals surface area contributed by atoms with Gasteiger partial charge in [-0.1, -0.05) is 40.5 Å².